The predicted octanol–water partition coefficient (Wildman–Crippen LogP) is 2.58. The molecule has 1 aliphatic heterocycles. The van der Waals surface area contributed by atoms with Crippen LogP contribution in [-0.2, 0) is 6.54 Å². The van der Waals surface area contributed by atoms with E-state index in [1.807, 2.05) is 29.2 Å². The van der Waals surface area contributed by atoms with E-state index in [1.165, 1.54) is 6.42 Å². The van der Waals surface area contributed by atoms with Gasteiger partial charge in [-0.1, -0.05) is 12.1 Å². The zero-order chi connectivity index (χ0) is 12.1. The summed E-state index contributed by atoms with van der Waals surface area (Å²) in [5.41, 5.74) is 7.42. The van der Waals surface area contributed by atoms with Gasteiger partial charge in [0.2, 0.25) is 0 Å². The van der Waals surface area contributed by atoms with Crippen molar-refractivity contribution >= 4 is 24.1 Å². The average molecular weight is 270 g/mol. The van der Waals surface area contributed by atoms with Gasteiger partial charge in [0.15, 0.2) is 0 Å². The normalized spacial score (nSPS) is 14.8. The number of hydrogen-bond acceptors (Lipinski definition) is 2. The van der Waals surface area contributed by atoms with Gasteiger partial charge in [-0.15, -0.1) is 12.4 Å². The van der Waals surface area contributed by atoms with Crippen LogP contribution in [0, 0.1) is 0 Å². The number of rotatable bonds is 2. The van der Waals surface area contributed by atoms with Crippen LogP contribution in [0.4, 0.5) is 10.5 Å². The first-order valence-corrected chi connectivity index (χ1v) is 6.14. The quantitative estimate of drug-likeness (QED) is 0.867. The first-order chi connectivity index (χ1) is 8.29. The van der Waals surface area contributed by atoms with Gasteiger partial charge in [-0.2, -0.15) is 0 Å². The van der Waals surface area contributed by atoms with Crippen LogP contribution in [0.3, 0.4) is 0 Å². The lowest BCUT2D eigenvalue weighted by atomic mass is 10.1. The molecule has 1 aliphatic rings. The van der Waals surface area contributed by atoms with E-state index in [0.29, 0.717) is 6.54 Å². The lowest BCUT2D eigenvalue weighted by molar-refractivity contribution is 0.200. The summed E-state index contributed by atoms with van der Waals surface area (Å²) in [6.07, 6.45) is 3.45. The molecular formula is C13H20ClN3O. The summed E-state index contributed by atoms with van der Waals surface area (Å²) < 4.78 is 0. The number of nitrogens with two attached hydrogens (primary N) is 1. The standard InChI is InChI=1S/C13H19N3O.ClH/c14-10-11-4-6-12(7-5-11)15-13(17)16-8-2-1-3-9-16;/h4-7H,1-3,8-10,14H2,(H,15,17);1H. The van der Waals surface area contributed by atoms with Crippen molar-refractivity contribution in [2.75, 3.05) is 18.4 Å². The van der Waals surface area contributed by atoms with E-state index < -0.39 is 0 Å². The summed E-state index contributed by atoms with van der Waals surface area (Å²) in [5.74, 6) is 0. The van der Waals surface area contributed by atoms with Gasteiger partial charge in [-0.3, -0.25) is 0 Å². The topological polar surface area (TPSA) is 58.4 Å². The van der Waals surface area contributed by atoms with Crippen molar-refractivity contribution < 1.29 is 4.79 Å². The minimum atomic E-state index is 0. The van der Waals surface area contributed by atoms with Gasteiger partial charge in [-0.25, -0.2) is 4.79 Å². The number of amides is 2. The van der Waals surface area contributed by atoms with Crippen molar-refractivity contribution in [3.05, 3.63) is 29.8 Å². The third-order valence-electron chi connectivity index (χ3n) is 3.08. The number of carbonyl (C=O) groups excluding carboxylic acids is 1. The zero-order valence-corrected chi connectivity index (χ0v) is 11.2. The van der Waals surface area contributed by atoms with Gasteiger partial charge in [0, 0.05) is 25.3 Å². The van der Waals surface area contributed by atoms with Gasteiger partial charge in [0.05, 0.1) is 0 Å². The number of hydrogen-bond donors (Lipinski definition) is 2. The number of benzene rings is 1. The molecule has 1 aromatic rings. The summed E-state index contributed by atoms with van der Waals surface area (Å²) in [7, 11) is 0. The molecule has 1 heterocycles. The Morgan fingerprint density at radius 3 is 2.33 bits per heavy atom. The van der Waals surface area contributed by atoms with Crippen molar-refractivity contribution in [3.63, 3.8) is 0 Å². The third-order valence-corrected chi connectivity index (χ3v) is 3.08. The highest BCUT2D eigenvalue weighted by Crippen LogP contribution is 2.13. The van der Waals surface area contributed by atoms with Crippen molar-refractivity contribution in [3.8, 4) is 0 Å². The molecular weight excluding hydrogens is 250 g/mol. The molecule has 2 amide bonds. The molecule has 0 spiro atoms. The van der Waals surface area contributed by atoms with Gasteiger partial charge < -0.3 is 16.0 Å². The number of anilines is 1. The van der Waals surface area contributed by atoms with Crippen molar-refractivity contribution in [2.24, 2.45) is 5.73 Å². The van der Waals surface area contributed by atoms with Crippen molar-refractivity contribution in [2.45, 2.75) is 25.8 Å². The number of urea groups is 1. The van der Waals surface area contributed by atoms with Gasteiger partial charge in [0.25, 0.3) is 0 Å². The van der Waals surface area contributed by atoms with Crippen LogP contribution in [0.5, 0.6) is 0 Å². The minimum Gasteiger partial charge on any atom is -0.326 e. The lowest BCUT2D eigenvalue weighted by Gasteiger charge is -2.26. The molecule has 4 nitrogen and oxygen atoms in total. The molecule has 0 atom stereocenters. The maximum Gasteiger partial charge on any atom is 0.321 e. The second kappa shape index (κ2) is 7.24. The molecule has 18 heavy (non-hydrogen) atoms. The SMILES string of the molecule is Cl.NCc1ccc(NC(=O)N2CCCCC2)cc1. The second-order valence-electron chi connectivity index (χ2n) is 4.38. The number of nitrogens with one attached hydrogen (secondary N) is 1. The molecule has 100 valence electrons. The Morgan fingerprint density at radius 2 is 1.78 bits per heavy atom. The summed E-state index contributed by atoms with van der Waals surface area (Å²) in [5, 5.41) is 2.91. The molecule has 5 heteroatoms. The average Bonchev–Trinajstić information content (AvgIpc) is 2.40. The molecule has 1 fully saturated rings. The van der Waals surface area contributed by atoms with Gasteiger partial charge in [-0.05, 0) is 37.0 Å². The van der Waals surface area contributed by atoms with Crippen LogP contribution in [0.15, 0.2) is 24.3 Å². The summed E-state index contributed by atoms with van der Waals surface area (Å²) in [6, 6.07) is 7.66. The van der Waals surface area contributed by atoms with Crippen LogP contribution in [0.2, 0.25) is 0 Å². The van der Waals surface area contributed by atoms with E-state index in [2.05, 4.69) is 5.32 Å². The molecule has 3 N–H and O–H groups in total. The summed E-state index contributed by atoms with van der Waals surface area (Å²) in [4.78, 5) is 13.8. The minimum absolute atomic E-state index is 0. The lowest BCUT2D eigenvalue weighted by Crippen LogP contribution is -2.38. The molecule has 0 saturated carbocycles. The Kier molecular flexibility index (Phi) is 5.95. The number of likely N-dealkylation sites (tertiary alicyclic amines) is 1. The van der Waals surface area contributed by atoms with Gasteiger partial charge >= 0.3 is 6.03 Å². The van der Waals surface area contributed by atoms with Crippen LogP contribution in [-0.4, -0.2) is 24.0 Å². The first-order valence-electron chi connectivity index (χ1n) is 6.14. The van der Waals surface area contributed by atoms with E-state index >= 15 is 0 Å². The van der Waals surface area contributed by atoms with E-state index in [9.17, 15) is 4.79 Å². The highest BCUT2D eigenvalue weighted by molar-refractivity contribution is 5.89. The number of carbonyl (C=O) groups is 1. The van der Waals surface area contributed by atoms with Crippen LogP contribution >= 0.6 is 12.4 Å². The maximum absolute atomic E-state index is 11.9. The Morgan fingerprint density at radius 1 is 1.17 bits per heavy atom. The molecule has 0 aliphatic carbocycles. The monoisotopic (exact) mass is 269 g/mol. The second-order valence-corrected chi connectivity index (χ2v) is 4.38. The fraction of sp³-hybridized carbons (Fsp3) is 0.462. The number of halogens is 1. The van der Waals surface area contributed by atoms with E-state index in [-0.39, 0.29) is 18.4 Å². The molecule has 0 radical (unpaired) electrons. The molecule has 2 rings (SSSR count). The van der Waals surface area contributed by atoms with Crippen LogP contribution in [0.25, 0.3) is 0 Å². The zero-order valence-electron chi connectivity index (χ0n) is 10.4. The fourth-order valence-electron chi connectivity index (χ4n) is 2.02. The van der Waals surface area contributed by atoms with Crippen molar-refractivity contribution in [1.29, 1.82) is 0 Å². The smallest absolute Gasteiger partial charge is 0.321 e. The van der Waals surface area contributed by atoms with Crippen LogP contribution < -0.4 is 11.1 Å². The summed E-state index contributed by atoms with van der Waals surface area (Å²) >= 11 is 0. The van der Waals surface area contributed by atoms with E-state index in [1.54, 1.807) is 0 Å². The largest absolute Gasteiger partial charge is 0.326 e. The highest BCUT2D eigenvalue weighted by Gasteiger charge is 2.15. The van der Waals surface area contributed by atoms with E-state index in [0.717, 1.165) is 37.2 Å². The molecule has 0 aromatic heterocycles. The highest BCUT2D eigenvalue weighted by atomic mass is 35.5. The molecule has 0 unspecified atom stereocenters. The van der Waals surface area contributed by atoms with E-state index in [4.69, 9.17) is 5.73 Å². The molecule has 1 aromatic carbocycles. The number of piperidine rings is 1. The third kappa shape index (κ3) is 3.89. The van der Waals surface area contributed by atoms with Crippen molar-refractivity contribution in [1.82, 2.24) is 4.90 Å². The Balaban J connectivity index is 0.00000162. The Bertz CT molecular complexity index is 374. The Hall–Kier alpha value is -1.26. The summed E-state index contributed by atoms with van der Waals surface area (Å²) in [6.45, 7) is 2.26. The molecule has 1 saturated heterocycles. The molecule has 0 bridgehead atoms. The Labute approximate surface area is 114 Å². The predicted molar refractivity (Wildman–Crippen MR) is 76.0 cm³/mol. The number of nitrogens with zero attached hydrogens (tertiary/aromatic N) is 1. The van der Waals surface area contributed by atoms with Gasteiger partial charge in [0.1, 0.15) is 0 Å². The first kappa shape index (κ1) is 14.8. The fourth-order valence-corrected chi connectivity index (χ4v) is 2.02. The maximum atomic E-state index is 11.9. The van der Waals surface area contributed by atoms with Crippen LogP contribution in [0.1, 0.15) is 24.8 Å².